The van der Waals surface area contributed by atoms with Crippen molar-refractivity contribution in [2.75, 3.05) is 5.32 Å². The minimum Gasteiger partial charge on any atom is -0.322 e. The van der Waals surface area contributed by atoms with Crippen molar-refractivity contribution in [3.63, 3.8) is 0 Å². The van der Waals surface area contributed by atoms with E-state index in [1.54, 1.807) is 4.68 Å². The van der Waals surface area contributed by atoms with Gasteiger partial charge < -0.3 is 5.32 Å². The number of nitrogens with zero attached hydrogens (tertiary/aromatic N) is 2. The van der Waals surface area contributed by atoms with Crippen molar-refractivity contribution in [1.29, 1.82) is 0 Å². The summed E-state index contributed by atoms with van der Waals surface area (Å²) in [6.45, 7) is 5.70. The molecule has 0 radical (unpaired) electrons. The van der Waals surface area contributed by atoms with E-state index >= 15 is 0 Å². The molecule has 1 aromatic heterocycles. The number of aromatic nitrogens is 2. The molecular formula is C14H16BrN3O. The van der Waals surface area contributed by atoms with Gasteiger partial charge in [-0.15, -0.1) is 0 Å². The summed E-state index contributed by atoms with van der Waals surface area (Å²) in [4.78, 5) is 12.4. The van der Waals surface area contributed by atoms with Crippen molar-refractivity contribution in [3.05, 3.63) is 45.2 Å². The third-order valence-corrected chi connectivity index (χ3v) is 3.68. The van der Waals surface area contributed by atoms with Gasteiger partial charge in [-0.3, -0.25) is 9.48 Å². The smallest absolute Gasteiger partial charge is 0.259 e. The summed E-state index contributed by atoms with van der Waals surface area (Å²) < 4.78 is 2.66. The highest BCUT2D eigenvalue weighted by atomic mass is 79.9. The zero-order valence-electron chi connectivity index (χ0n) is 11.4. The molecule has 0 spiro atoms. The normalized spacial score (nSPS) is 10.6. The molecule has 0 saturated heterocycles. The van der Waals surface area contributed by atoms with Crippen LogP contribution >= 0.6 is 15.9 Å². The molecule has 0 bridgehead atoms. The minimum atomic E-state index is -0.121. The number of carbonyl (C=O) groups is 1. The first kappa shape index (κ1) is 13.8. The molecule has 0 unspecified atom stereocenters. The molecular weight excluding hydrogens is 306 g/mol. The first-order valence-corrected chi connectivity index (χ1v) is 6.77. The van der Waals surface area contributed by atoms with Crippen LogP contribution in [0.1, 0.15) is 27.3 Å². The third-order valence-electron chi connectivity index (χ3n) is 3.18. The van der Waals surface area contributed by atoms with Crippen LogP contribution in [0.3, 0.4) is 0 Å². The maximum Gasteiger partial charge on any atom is 0.259 e. The largest absolute Gasteiger partial charge is 0.322 e. The van der Waals surface area contributed by atoms with Crippen LogP contribution in [0.15, 0.2) is 22.7 Å². The van der Waals surface area contributed by atoms with Gasteiger partial charge in [0.1, 0.15) is 0 Å². The summed E-state index contributed by atoms with van der Waals surface area (Å²) in [5, 5.41) is 7.20. The highest BCUT2D eigenvalue weighted by molar-refractivity contribution is 9.10. The van der Waals surface area contributed by atoms with E-state index in [0.29, 0.717) is 5.56 Å². The molecule has 19 heavy (non-hydrogen) atoms. The topological polar surface area (TPSA) is 46.9 Å². The van der Waals surface area contributed by atoms with Crippen molar-refractivity contribution in [1.82, 2.24) is 9.78 Å². The Balaban J connectivity index is 2.33. The molecule has 2 aromatic rings. The Bertz CT molecular complexity index is 646. The Hall–Kier alpha value is -1.62. The molecule has 4 nitrogen and oxygen atoms in total. The van der Waals surface area contributed by atoms with Crippen LogP contribution in [0.4, 0.5) is 5.69 Å². The lowest BCUT2D eigenvalue weighted by atomic mass is 10.1. The van der Waals surface area contributed by atoms with Crippen LogP contribution in [0, 0.1) is 20.8 Å². The molecule has 1 amide bonds. The Kier molecular flexibility index (Phi) is 3.75. The molecule has 2 rings (SSSR count). The fourth-order valence-corrected chi connectivity index (χ4v) is 2.38. The van der Waals surface area contributed by atoms with Crippen LogP contribution in [-0.4, -0.2) is 15.7 Å². The second-order valence-electron chi connectivity index (χ2n) is 4.58. The molecule has 1 aromatic carbocycles. The van der Waals surface area contributed by atoms with E-state index in [1.165, 1.54) is 0 Å². The molecule has 0 saturated carbocycles. The highest BCUT2D eigenvalue weighted by Gasteiger charge is 2.17. The third kappa shape index (κ3) is 2.71. The predicted molar refractivity (Wildman–Crippen MR) is 79.5 cm³/mol. The van der Waals surface area contributed by atoms with Crippen molar-refractivity contribution in [2.24, 2.45) is 7.05 Å². The van der Waals surface area contributed by atoms with Crippen molar-refractivity contribution in [3.8, 4) is 0 Å². The Morgan fingerprint density at radius 2 is 2.00 bits per heavy atom. The molecule has 0 aliphatic rings. The summed E-state index contributed by atoms with van der Waals surface area (Å²) in [5.41, 5.74) is 4.08. The second kappa shape index (κ2) is 5.17. The number of carbonyl (C=O) groups excluding carboxylic acids is 1. The first-order valence-electron chi connectivity index (χ1n) is 5.98. The molecule has 1 N–H and O–H groups in total. The van der Waals surface area contributed by atoms with Gasteiger partial charge in [-0.1, -0.05) is 22.0 Å². The van der Waals surface area contributed by atoms with Crippen molar-refractivity contribution in [2.45, 2.75) is 20.8 Å². The van der Waals surface area contributed by atoms with E-state index in [4.69, 9.17) is 0 Å². The van der Waals surface area contributed by atoms with Gasteiger partial charge in [0.05, 0.1) is 11.3 Å². The average molecular weight is 322 g/mol. The zero-order valence-corrected chi connectivity index (χ0v) is 13.0. The summed E-state index contributed by atoms with van der Waals surface area (Å²) >= 11 is 3.41. The molecule has 1 heterocycles. The number of anilines is 1. The second-order valence-corrected chi connectivity index (χ2v) is 5.50. The number of amides is 1. The van der Waals surface area contributed by atoms with Crippen molar-refractivity contribution < 1.29 is 4.79 Å². The van der Waals surface area contributed by atoms with Crippen LogP contribution in [-0.2, 0) is 7.05 Å². The fraction of sp³-hybridized carbons (Fsp3) is 0.286. The lowest BCUT2D eigenvalue weighted by Crippen LogP contribution is -2.14. The van der Waals surface area contributed by atoms with Crippen LogP contribution in [0.25, 0.3) is 0 Å². The van der Waals surface area contributed by atoms with Gasteiger partial charge in [0.25, 0.3) is 5.91 Å². The summed E-state index contributed by atoms with van der Waals surface area (Å²) in [6, 6.07) is 5.81. The number of aryl methyl sites for hydroxylation is 3. The van der Waals surface area contributed by atoms with Crippen molar-refractivity contribution >= 4 is 27.5 Å². The summed E-state index contributed by atoms with van der Waals surface area (Å²) in [7, 11) is 1.84. The molecule has 5 heteroatoms. The monoisotopic (exact) mass is 321 g/mol. The molecule has 0 aliphatic heterocycles. The Morgan fingerprint density at radius 1 is 1.32 bits per heavy atom. The van der Waals surface area contributed by atoms with Gasteiger partial charge >= 0.3 is 0 Å². The first-order chi connectivity index (χ1) is 8.90. The number of rotatable bonds is 2. The van der Waals surface area contributed by atoms with Gasteiger partial charge in [0.2, 0.25) is 0 Å². The van der Waals surface area contributed by atoms with Gasteiger partial charge in [0, 0.05) is 22.9 Å². The molecule has 100 valence electrons. The van der Waals surface area contributed by atoms with Crippen LogP contribution in [0.2, 0.25) is 0 Å². The van der Waals surface area contributed by atoms with Gasteiger partial charge in [0.15, 0.2) is 0 Å². The zero-order chi connectivity index (χ0) is 14.2. The van der Waals surface area contributed by atoms with E-state index in [1.807, 2.05) is 46.0 Å². The number of halogens is 1. The minimum absolute atomic E-state index is 0.121. The fourth-order valence-electron chi connectivity index (χ4n) is 2.02. The Morgan fingerprint density at radius 3 is 2.58 bits per heavy atom. The maximum absolute atomic E-state index is 12.4. The summed E-state index contributed by atoms with van der Waals surface area (Å²) in [6.07, 6.45) is 0. The summed E-state index contributed by atoms with van der Waals surface area (Å²) in [5.74, 6) is -0.121. The molecule has 0 atom stereocenters. The number of benzene rings is 1. The highest BCUT2D eigenvalue weighted by Crippen LogP contribution is 2.22. The lowest BCUT2D eigenvalue weighted by molar-refractivity contribution is 0.102. The van der Waals surface area contributed by atoms with Crippen LogP contribution in [0.5, 0.6) is 0 Å². The van der Waals surface area contributed by atoms with E-state index in [2.05, 4.69) is 26.3 Å². The van der Waals surface area contributed by atoms with E-state index in [-0.39, 0.29) is 5.91 Å². The number of nitrogens with one attached hydrogen (secondary N) is 1. The van der Waals surface area contributed by atoms with E-state index in [9.17, 15) is 4.79 Å². The Labute approximate surface area is 120 Å². The van der Waals surface area contributed by atoms with E-state index in [0.717, 1.165) is 27.1 Å². The van der Waals surface area contributed by atoms with Crippen LogP contribution < -0.4 is 5.32 Å². The molecule has 0 aliphatic carbocycles. The van der Waals surface area contributed by atoms with Gasteiger partial charge in [-0.25, -0.2) is 0 Å². The maximum atomic E-state index is 12.4. The number of hydrogen-bond donors (Lipinski definition) is 1. The average Bonchev–Trinajstić information content (AvgIpc) is 2.58. The van der Waals surface area contributed by atoms with Gasteiger partial charge in [-0.2, -0.15) is 5.10 Å². The number of hydrogen-bond acceptors (Lipinski definition) is 2. The standard InChI is InChI=1S/C14H16BrN3O/c1-8-5-6-11(15)7-12(8)16-14(19)13-9(2)17-18(4)10(13)3/h5-7H,1-4H3,(H,16,19). The predicted octanol–water partition coefficient (Wildman–Crippen LogP) is 3.36. The van der Waals surface area contributed by atoms with E-state index < -0.39 is 0 Å². The molecule has 0 fully saturated rings. The van der Waals surface area contributed by atoms with Gasteiger partial charge in [-0.05, 0) is 38.5 Å². The SMILES string of the molecule is Cc1ccc(Br)cc1NC(=O)c1c(C)nn(C)c1C. The lowest BCUT2D eigenvalue weighted by Gasteiger charge is -2.09. The quantitative estimate of drug-likeness (QED) is 0.921.